The quantitative estimate of drug-likeness (QED) is 0.870. The fourth-order valence-corrected chi connectivity index (χ4v) is 3.25. The number of carbonyl (C=O) groups excluding carboxylic acids is 1. The summed E-state index contributed by atoms with van der Waals surface area (Å²) in [5.74, 6) is -1.47. The number of aryl methyl sites for hydroxylation is 2. The topological polar surface area (TPSA) is 110 Å². The van der Waals surface area contributed by atoms with Gasteiger partial charge < -0.3 is 10.4 Å². The SMILES string of the molecule is O=C(Cn1cc(C(=O)O)nn1)Nc1nc2c(s1)CCCC2. The normalized spacial score (nSPS) is 13.7. The van der Waals surface area contributed by atoms with Crippen molar-refractivity contribution in [2.45, 2.75) is 32.2 Å². The summed E-state index contributed by atoms with van der Waals surface area (Å²) >= 11 is 1.50. The maximum Gasteiger partial charge on any atom is 0.358 e. The zero-order valence-electron chi connectivity index (χ0n) is 11.1. The lowest BCUT2D eigenvalue weighted by molar-refractivity contribution is -0.116. The van der Waals surface area contributed by atoms with Crippen LogP contribution in [0.15, 0.2) is 6.20 Å². The molecule has 8 nitrogen and oxygen atoms in total. The van der Waals surface area contributed by atoms with E-state index in [-0.39, 0.29) is 18.1 Å². The van der Waals surface area contributed by atoms with Gasteiger partial charge in [0.15, 0.2) is 10.8 Å². The number of aromatic nitrogens is 4. The summed E-state index contributed by atoms with van der Waals surface area (Å²) < 4.78 is 1.19. The molecule has 21 heavy (non-hydrogen) atoms. The number of nitrogens with one attached hydrogen (secondary N) is 1. The molecule has 3 rings (SSSR count). The highest BCUT2D eigenvalue weighted by molar-refractivity contribution is 7.15. The minimum Gasteiger partial charge on any atom is -0.476 e. The van der Waals surface area contributed by atoms with Crippen LogP contribution in [0, 0.1) is 0 Å². The number of aromatic carboxylic acids is 1. The Morgan fingerprint density at radius 1 is 1.38 bits per heavy atom. The Morgan fingerprint density at radius 3 is 2.90 bits per heavy atom. The molecule has 0 spiro atoms. The van der Waals surface area contributed by atoms with E-state index in [2.05, 4.69) is 20.6 Å². The summed E-state index contributed by atoms with van der Waals surface area (Å²) in [5.41, 5.74) is 0.892. The fourth-order valence-electron chi connectivity index (χ4n) is 2.19. The van der Waals surface area contributed by atoms with E-state index >= 15 is 0 Å². The Morgan fingerprint density at radius 2 is 2.19 bits per heavy atom. The van der Waals surface area contributed by atoms with Crippen molar-refractivity contribution >= 4 is 28.3 Å². The van der Waals surface area contributed by atoms with Crippen molar-refractivity contribution in [1.29, 1.82) is 0 Å². The van der Waals surface area contributed by atoms with Crippen LogP contribution >= 0.6 is 11.3 Å². The number of thiazole rings is 1. The zero-order valence-corrected chi connectivity index (χ0v) is 11.9. The van der Waals surface area contributed by atoms with Gasteiger partial charge in [-0.15, -0.1) is 16.4 Å². The van der Waals surface area contributed by atoms with Gasteiger partial charge in [0, 0.05) is 4.88 Å². The molecule has 0 fully saturated rings. The fraction of sp³-hybridized carbons (Fsp3) is 0.417. The highest BCUT2D eigenvalue weighted by Crippen LogP contribution is 2.29. The van der Waals surface area contributed by atoms with Gasteiger partial charge in [0.05, 0.1) is 11.9 Å². The molecule has 1 aliphatic carbocycles. The van der Waals surface area contributed by atoms with Gasteiger partial charge in [0.25, 0.3) is 0 Å². The van der Waals surface area contributed by atoms with Crippen molar-refractivity contribution in [2.24, 2.45) is 0 Å². The Labute approximate surface area is 123 Å². The number of amides is 1. The van der Waals surface area contributed by atoms with E-state index in [0.29, 0.717) is 5.13 Å². The van der Waals surface area contributed by atoms with Gasteiger partial charge in [-0.25, -0.2) is 14.5 Å². The third-order valence-electron chi connectivity index (χ3n) is 3.16. The molecule has 0 atom stereocenters. The lowest BCUT2D eigenvalue weighted by atomic mass is 10.0. The molecule has 2 aromatic heterocycles. The van der Waals surface area contributed by atoms with E-state index in [1.54, 1.807) is 0 Å². The molecule has 0 saturated carbocycles. The van der Waals surface area contributed by atoms with Crippen LogP contribution < -0.4 is 5.32 Å². The standard InChI is InChI=1S/C12H13N5O3S/c18-10(6-17-5-8(11(19)20)15-16-17)14-12-13-7-3-1-2-4-9(7)21-12/h5H,1-4,6H2,(H,19,20)(H,13,14,18). The van der Waals surface area contributed by atoms with E-state index in [9.17, 15) is 9.59 Å². The van der Waals surface area contributed by atoms with Crippen LogP contribution in [0.2, 0.25) is 0 Å². The van der Waals surface area contributed by atoms with Gasteiger partial charge in [-0.2, -0.15) is 0 Å². The number of carbonyl (C=O) groups is 2. The van der Waals surface area contributed by atoms with Crippen LogP contribution in [0.25, 0.3) is 0 Å². The summed E-state index contributed by atoms with van der Waals surface area (Å²) in [6, 6.07) is 0. The van der Waals surface area contributed by atoms with E-state index < -0.39 is 5.97 Å². The predicted molar refractivity (Wildman–Crippen MR) is 74.4 cm³/mol. The number of carboxylic acids is 1. The average molecular weight is 307 g/mol. The molecule has 2 heterocycles. The van der Waals surface area contributed by atoms with Crippen LogP contribution in [0.4, 0.5) is 5.13 Å². The lowest BCUT2D eigenvalue weighted by Crippen LogP contribution is -2.19. The molecular formula is C12H13N5O3S. The molecule has 1 aliphatic rings. The predicted octanol–water partition coefficient (Wildman–Crippen LogP) is 0.950. The molecular weight excluding hydrogens is 294 g/mol. The molecule has 0 radical (unpaired) electrons. The van der Waals surface area contributed by atoms with Crippen molar-refractivity contribution in [3.05, 3.63) is 22.5 Å². The summed E-state index contributed by atoms with van der Waals surface area (Å²) in [6.45, 7) is -0.0927. The Balaban J connectivity index is 1.63. The lowest BCUT2D eigenvalue weighted by Gasteiger charge is -2.06. The average Bonchev–Trinajstić information content (AvgIpc) is 3.04. The number of carboxylic acid groups (broad SMARTS) is 1. The highest BCUT2D eigenvalue weighted by Gasteiger charge is 2.17. The molecule has 9 heteroatoms. The summed E-state index contributed by atoms with van der Waals surface area (Å²) in [4.78, 5) is 28.2. The van der Waals surface area contributed by atoms with Crippen LogP contribution in [-0.4, -0.2) is 37.0 Å². The van der Waals surface area contributed by atoms with Gasteiger partial charge in [-0.1, -0.05) is 5.21 Å². The van der Waals surface area contributed by atoms with Crippen LogP contribution in [0.1, 0.15) is 33.9 Å². The van der Waals surface area contributed by atoms with Crippen molar-refractivity contribution in [3.63, 3.8) is 0 Å². The van der Waals surface area contributed by atoms with Gasteiger partial charge in [0.2, 0.25) is 5.91 Å². The van der Waals surface area contributed by atoms with E-state index in [4.69, 9.17) is 5.11 Å². The Kier molecular flexibility index (Phi) is 3.65. The minimum atomic E-state index is -1.17. The van der Waals surface area contributed by atoms with Gasteiger partial charge >= 0.3 is 5.97 Å². The summed E-state index contributed by atoms with van der Waals surface area (Å²) in [7, 11) is 0. The molecule has 110 valence electrons. The summed E-state index contributed by atoms with van der Waals surface area (Å²) in [6.07, 6.45) is 5.51. The second-order valence-corrected chi connectivity index (χ2v) is 5.83. The first-order chi connectivity index (χ1) is 10.1. The molecule has 2 N–H and O–H groups in total. The number of hydrogen-bond acceptors (Lipinski definition) is 6. The Hall–Kier alpha value is -2.29. The highest BCUT2D eigenvalue weighted by atomic mass is 32.1. The first-order valence-corrected chi connectivity index (χ1v) is 7.35. The third-order valence-corrected chi connectivity index (χ3v) is 4.23. The smallest absolute Gasteiger partial charge is 0.358 e. The minimum absolute atomic E-state index is 0.0927. The number of fused-ring (bicyclic) bond motifs is 1. The van der Waals surface area contributed by atoms with Gasteiger partial charge in [0.1, 0.15) is 6.54 Å². The molecule has 0 bridgehead atoms. The van der Waals surface area contributed by atoms with Crippen molar-refractivity contribution in [1.82, 2.24) is 20.0 Å². The van der Waals surface area contributed by atoms with Gasteiger partial charge in [-0.3, -0.25) is 4.79 Å². The van der Waals surface area contributed by atoms with E-state index in [1.807, 2.05) is 0 Å². The maximum atomic E-state index is 11.9. The van der Waals surface area contributed by atoms with Crippen molar-refractivity contribution in [2.75, 3.05) is 5.32 Å². The molecule has 0 aromatic carbocycles. The molecule has 0 aliphatic heterocycles. The first-order valence-electron chi connectivity index (χ1n) is 6.53. The molecule has 1 amide bonds. The Bertz CT molecular complexity index is 669. The summed E-state index contributed by atoms with van der Waals surface area (Å²) in [5, 5.41) is 19.1. The van der Waals surface area contributed by atoms with Crippen molar-refractivity contribution < 1.29 is 14.7 Å². The van der Waals surface area contributed by atoms with Crippen LogP contribution in [0.5, 0.6) is 0 Å². The maximum absolute atomic E-state index is 11.9. The van der Waals surface area contributed by atoms with Crippen LogP contribution in [0.3, 0.4) is 0 Å². The molecule has 2 aromatic rings. The second kappa shape index (κ2) is 5.60. The largest absolute Gasteiger partial charge is 0.476 e. The number of hydrogen-bond donors (Lipinski definition) is 2. The van der Waals surface area contributed by atoms with E-state index in [0.717, 1.165) is 25.0 Å². The number of rotatable bonds is 4. The molecule has 0 saturated heterocycles. The van der Waals surface area contributed by atoms with Crippen molar-refractivity contribution in [3.8, 4) is 0 Å². The number of anilines is 1. The van der Waals surface area contributed by atoms with E-state index in [1.165, 1.54) is 33.5 Å². The third kappa shape index (κ3) is 3.07. The second-order valence-electron chi connectivity index (χ2n) is 4.75. The van der Waals surface area contributed by atoms with Gasteiger partial charge in [-0.05, 0) is 25.7 Å². The molecule has 0 unspecified atom stereocenters. The first kappa shape index (κ1) is 13.7. The number of nitrogens with zero attached hydrogens (tertiary/aromatic N) is 4. The monoisotopic (exact) mass is 307 g/mol. The van der Waals surface area contributed by atoms with Crippen LogP contribution in [-0.2, 0) is 24.2 Å². The zero-order chi connectivity index (χ0) is 14.8.